The number of carbonyl (C=O) groups is 2. The van der Waals surface area contributed by atoms with Gasteiger partial charge in [0.1, 0.15) is 0 Å². The third-order valence-electron chi connectivity index (χ3n) is 4.86. The minimum Gasteiger partial charge on any atom is -0.468 e. The number of methoxy groups -OCH3 is 2. The fourth-order valence-electron chi connectivity index (χ4n) is 3.54. The largest absolute Gasteiger partial charge is 0.468 e. The Bertz CT molecular complexity index is 874. The second kappa shape index (κ2) is 8.12. The lowest BCUT2D eigenvalue weighted by Crippen LogP contribution is -2.59. The molecule has 1 heterocycles. The van der Waals surface area contributed by atoms with Gasteiger partial charge in [0.15, 0.2) is 20.3 Å². The van der Waals surface area contributed by atoms with Crippen LogP contribution in [0.3, 0.4) is 0 Å². The standard InChI is InChI=1S/C20H21NO6S/c1-26-19(22)17-15(13-9-5-3-6-10-13)21-16(14-11-7-4-8-12-14)18(20(23)27-2)28(17,24)25/h3-12,15-18,21H,1-2H3/t15-,16+,17-,18+. The van der Waals surface area contributed by atoms with E-state index in [1.807, 2.05) is 0 Å². The maximum atomic E-state index is 13.4. The van der Waals surface area contributed by atoms with Crippen LogP contribution in [-0.4, -0.2) is 45.1 Å². The van der Waals surface area contributed by atoms with Crippen LogP contribution in [-0.2, 0) is 28.9 Å². The highest BCUT2D eigenvalue weighted by molar-refractivity contribution is 7.94. The molecular formula is C20H21NO6S. The number of esters is 2. The molecule has 2 aromatic carbocycles. The van der Waals surface area contributed by atoms with Crippen LogP contribution >= 0.6 is 0 Å². The first-order valence-electron chi connectivity index (χ1n) is 8.66. The van der Waals surface area contributed by atoms with Crippen molar-refractivity contribution >= 4 is 21.8 Å². The lowest BCUT2D eigenvalue weighted by Gasteiger charge is -2.40. The number of ether oxygens (including phenoxy) is 2. The van der Waals surface area contributed by atoms with Gasteiger partial charge >= 0.3 is 11.9 Å². The molecule has 0 saturated carbocycles. The fourth-order valence-corrected chi connectivity index (χ4v) is 5.82. The number of carbonyl (C=O) groups excluding carboxylic acids is 2. The van der Waals surface area contributed by atoms with Gasteiger partial charge in [-0.3, -0.25) is 14.9 Å². The summed E-state index contributed by atoms with van der Waals surface area (Å²) in [6.45, 7) is 0. The van der Waals surface area contributed by atoms with Crippen molar-refractivity contribution in [1.29, 1.82) is 0 Å². The van der Waals surface area contributed by atoms with E-state index in [0.29, 0.717) is 11.1 Å². The van der Waals surface area contributed by atoms with E-state index in [0.717, 1.165) is 14.2 Å². The Morgan fingerprint density at radius 3 is 1.43 bits per heavy atom. The van der Waals surface area contributed by atoms with E-state index in [1.54, 1.807) is 60.7 Å². The predicted molar refractivity (Wildman–Crippen MR) is 102 cm³/mol. The summed E-state index contributed by atoms with van der Waals surface area (Å²) in [5, 5.41) is 0.0321. The van der Waals surface area contributed by atoms with Crippen molar-refractivity contribution < 1.29 is 27.5 Å². The van der Waals surface area contributed by atoms with Crippen molar-refractivity contribution in [3.05, 3.63) is 71.8 Å². The van der Waals surface area contributed by atoms with Gasteiger partial charge in [-0.15, -0.1) is 0 Å². The van der Waals surface area contributed by atoms with Crippen LogP contribution in [0.4, 0.5) is 0 Å². The maximum absolute atomic E-state index is 13.4. The summed E-state index contributed by atoms with van der Waals surface area (Å²) < 4.78 is 36.4. The number of sulfone groups is 1. The Morgan fingerprint density at radius 1 is 0.750 bits per heavy atom. The Hall–Kier alpha value is -2.71. The molecule has 1 N–H and O–H groups in total. The van der Waals surface area contributed by atoms with Crippen molar-refractivity contribution in [3.8, 4) is 0 Å². The molecular weight excluding hydrogens is 382 g/mol. The van der Waals surface area contributed by atoms with Crippen LogP contribution in [0, 0.1) is 0 Å². The summed E-state index contributed by atoms with van der Waals surface area (Å²) in [6, 6.07) is 15.7. The van der Waals surface area contributed by atoms with E-state index in [2.05, 4.69) is 5.32 Å². The maximum Gasteiger partial charge on any atom is 0.326 e. The number of rotatable bonds is 4. The highest BCUT2D eigenvalue weighted by atomic mass is 32.2. The second-order valence-electron chi connectivity index (χ2n) is 6.42. The number of nitrogens with one attached hydrogen (secondary N) is 1. The van der Waals surface area contributed by atoms with Gasteiger partial charge in [0.05, 0.1) is 26.3 Å². The van der Waals surface area contributed by atoms with Gasteiger partial charge in [-0.05, 0) is 11.1 Å². The van der Waals surface area contributed by atoms with Gasteiger partial charge in [0.2, 0.25) is 0 Å². The Morgan fingerprint density at radius 2 is 1.11 bits per heavy atom. The molecule has 8 heteroatoms. The molecule has 0 bridgehead atoms. The molecule has 0 unspecified atom stereocenters. The molecule has 0 radical (unpaired) electrons. The van der Waals surface area contributed by atoms with E-state index in [1.165, 1.54) is 0 Å². The Labute approximate surface area is 163 Å². The molecule has 1 fully saturated rings. The highest BCUT2D eigenvalue weighted by Gasteiger charge is 2.56. The molecule has 0 amide bonds. The Balaban J connectivity index is 2.19. The molecule has 1 aliphatic heterocycles. The van der Waals surface area contributed by atoms with E-state index in [4.69, 9.17) is 9.47 Å². The van der Waals surface area contributed by atoms with Crippen LogP contribution in [0.2, 0.25) is 0 Å². The Kier molecular flexibility index (Phi) is 5.81. The van der Waals surface area contributed by atoms with Crippen LogP contribution < -0.4 is 5.32 Å². The molecule has 1 aliphatic rings. The topological polar surface area (TPSA) is 98.8 Å². The zero-order valence-corrected chi connectivity index (χ0v) is 16.3. The molecule has 1 saturated heterocycles. The molecule has 0 aliphatic carbocycles. The number of hydrogen-bond acceptors (Lipinski definition) is 7. The SMILES string of the molecule is COC(=O)[C@@H]1[C@H](c2ccccc2)N[C@H](c2ccccc2)[C@H](C(=O)OC)S1(=O)=O. The third kappa shape index (κ3) is 3.53. The summed E-state index contributed by atoms with van der Waals surface area (Å²) in [5.41, 5.74) is 1.21. The molecule has 0 spiro atoms. The number of benzene rings is 2. The third-order valence-corrected chi connectivity index (χ3v) is 7.20. The molecule has 28 heavy (non-hydrogen) atoms. The van der Waals surface area contributed by atoms with E-state index >= 15 is 0 Å². The van der Waals surface area contributed by atoms with Gasteiger partial charge in [-0.2, -0.15) is 0 Å². The lowest BCUT2D eigenvalue weighted by atomic mass is 9.97. The fraction of sp³-hybridized carbons (Fsp3) is 0.300. The van der Waals surface area contributed by atoms with Crippen LogP contribution in [0.25, 0.3) is 0 Å². The van der Waals surface area contributed by atoms with Gasteiger partial charge < -0.3 is 9.47 Å². The number of hydrogen-bond donors (Lipinski definition) is 1. The first-order valence-corrected chi connectivity index (χ1v) is 10.3. The van der Waals surface area contributed by atoms with Crippen LogP contribution in [0.15, 0.2) is 60.7 Å². The normalized spacial score (nSPS) is 26.2. The van der Waals surface area contributed by atoms with Crippen molar-refractivity contribution in [2.75, 3.05) is 14.2 Å². The molecule has 3 rings (SSSR count). The summed E-state index contributed by atoms with van der Waals surface area (Å²) in [5.74, 6) is -1.86. The van der Waals surface area contributed by atoms with Gasteiger partial charge in [-0.25, -0.2) is 8.42 Å². The van der Waals surface area contributed by atoms with E-state index in [9.17, 15) is 18.0 Å². The van der Waals surface area contributed by atoms with Crippen molar-refractivity contribution in [2.45, 2.75) is 22.6 Å². The van der Waals surface area contributed by atoms with Crippen molar-refractivity contribution in [3.63, 3.8) is 0 Å². The quantitative estimate of drug-likeness (QED) is 0.774. The molecule has 7 nitrogen and oxygen atoms in total. The van der Waals surface area contributed by atoms with E-state index < -0.39 is 44.4 Å². The minimum absolute atomic E-state index is 0.603. The van der Waals surface area contributed by atoms with E-state index in [-0.39, 0.29) is 0 Å². The minimum atomic E-state index is -4.29. The lowest BCUT2D eigenvalue weighted by molar-refractivity contribution is -0.142. The predicted octanol–water partition coefficient (Wildman–Crippen LogP) is 1.57. The van der Waals surface area contributed by atoms with Gasteiger partial charge in [0, 0.05) is 0 Å². The van der Waals surface area contributed by atoms with Crippen LogP contribution in [0.5, 0.6) is 0 Å². The zero-order chi connectivity index (χ0) is 20.3. The molecule has 148 valence electrons. The summed E-state index contributed by atoms with van der Waals surface area (Å²) in [7, 11) is -2.05. The monoisotopic (exact) mass is 403 g/mol. The average Bonchev–Trinajstić information content (AvgIpc) is 2.72. The molecule has 2 aromatic rings. The zero-order valence-electron chi connectivity index (χ0n) is 15.4. The van der Waals surface area contributed by atoms with Crippen molar-refractivity contribution in [1.82, 2.24) is 5.32 Å². The smallest absolute Gasteiger partial charge is 0.326 e. The second-order valence-corrected chi connectivity index (χ2v) is 8.61. The summed E-state index contributed by atoms with van der Waals surface area (Å²) in [6.07, 6.45) is 0. The summed E-state index contributed by atoms with van der Waals surface area (Å²) >= 11 is 0. The van der Waals surface area contributed by atoms with Crippen LogP contribution in [0.1, 0.15) is 23.2 Å². The van der Waals surface area contributed by atoms with Crippen molar-refractivity contribution in [2.24, 2.45) is 0 Å². The highest BCUT2D eigenvalue weighted by Crippen LogP contribution is 2.39. The average molecular weight is 403 g/mol. The van der Waals surface area contributed by atoms with Gasteiger partial charge in [-0.1, -0.05) is 60.7 Å². The first kappa shape index (κ1) is 20.0. The molecule has 0 aromatic heterocycles. The van der Waals surface area contributed by atoms with Gasteiger partial charge in [0.25, 0.3) is 0 Å². The summed E-state index contributed by atoms with van der Waals surface area (Å²) in [4.78, 5) is 24.9. The molecule has 4 atom stereocenters. The first-order chi connectivity index (χ1) is 13.4.